The summed E-state index contributed by atoms with van der Waals surface area (Å²) in [4.78, 5) is 40.2. The van der Waals surface area contributed by atoms with E-state index in [1.807, 2.05) is 0 Å². The quantitative estimate of drug-likeness (QED) is 0.375. The third-order valence-corrected chi connectivity index (χ3v) is 6.35. The van der Waals surface area contributed by atoms with Crippen molar-refractivity contribution < 1.29 is 28.6 Å². The van der Waals surface area contributed by atoms with Gasteiger partial charge in [-0.3, -0.25) is 4.90 Å². The lowest BCUT2D eigenvalue weighted by Gasteiger charge is -2.36. The number of methoxy groups -OCH3 is 3. The third kappa shape index (κ3) is 4.83. The van der Waals surface area contributed by atoms with Crippen LogP contribution in [0.25, 0.3) is 11.1 Å². The molecule has 1 atom stereocenters. The Morgan fingerprint density at radius 1 is 0.821 bits per heavy atom. The lowest BCUT2D eigenvalue weighted by atomic mass is 9.80. The summed E-state index contributed by atoms with van der Waals surface area (Å²) in [5, 5.41) is 10.3. The molecule has 1 heterocycles. The van der Waals surface area contributed by atoms with E-state index in [1.54, 1.807) is 78.9 Å². The number of hydrogen-bond donors (Lipinski definition) is 1. The first kappa shape index (κ1) is 26.7. The lowest BCUT2D eigenvalue weighted by Crippen LogP contribution is -2.41. The highest BCUT2D eigenvalue weighted by Crippen LogP contribution is 2.45. The van der Waals surface area contributed by atoms with Gasteiger partial charge in [-0.05, 0) is 29.3 Å². The average molecular weight is 524 g/mol. The van der Waals surface area contributed by atoms with Gasteiger partial charge in [-0.15, -0.1) is 0 Å². The Kier molecular flexibility index (Phi) is 7.77. The standard InChI is InChI=1S/C30H25N3O6/c1-37-28(34)20-13-9-12-19(16-20)21-14-7-8-15-23(21)33-26(30(36)39-3)25(29(35)38-2)24(22(17-31)27(33)32)18-10-5-4-6-11-18/h4-16,24H,32H2,1-3H3. The van der Waals surface area contributed by atoms with E-state index in [9.17, 15) is 19.6 Å². The first-order chi connectivity index (χ1) is 18.9. The number of carbonyl (C=O) groups excluding carboxylic acids is 3. The zero-order valence-corrected chi connectivity index (χ0v) is 21.5. The van der Waals surface area contributed by atoms with E-state index in [2.05, 4.69) is 6.07 Å². The summed E-state index contributed by atoms with van der Waals surface area (Å²) in [6, 6.07) is 24.5. The van der Waals surface area contributed by atoms with Crippen LogP contribution >= 0.6 is 0 Å². The highest BCUT2D eigenvalue weighted by atomic mass is 16.5. The maximum Gasteiger partial charge on any atom is 0.355 e. The van der Waals surface area contributed by atoms with Crippen molar-refractivity contribution in [2.75, 3.05) is 26.2 Å². The van der Waals surface area contributed by atoms with Crippen LogP contribution in [0, 0.1) is 11.3 Å². The molecule has 3 aromatic carbocycles. The second kappa shape index (κ2) is 11.4. The maximum absolute atomic E-state index is 13.4. The van der Waals surface area contributed by atoms with Crippen LogP contribution in [0.4, 0.5) is 5.69 Å². The van der Waals surface area contributed by atoms with Crippen LogP contribution in [0.15, 0.2) is 102 Å². The maximum atomic E-state index is 13.4. The van der Waals surface area contributed by atoms with Gasteiger partial charge in [0.1, 0.15) is 11.5 Å². The van der Waals surface area contributed by atoms with Crippen LogP contribution in [-0.4, -0.2) is 39.2 Å². The molecule has 39 heavy (non-hydrogen) atoms. The smallest absolute Gasteiger partial charge is 0.355 e. The molecule has 1 aliphatic heterocycles. The molecule has 0 aliphatic carbocycles. The Balaban J connectivity index is 2.06. The number of carbonyl (C=O) groups is 3. The summed E-state index contributed by atoms with van der Waals surface area (Å²) in [6.07, 6.45) is 0. The van der Waals surface area contributed by atoms with Crippen molar-refractivity contribution in [1.29, 1.82) is 5.26 Å². The number of nitrogens with zero attached hydrogens (tertiary/aromatic N) is 2. The summed E-state index contributed by atoms with van der Waals surface area (Å²) < 4.78 is 15.1. The normalized spacial score (nSPS) is 14.9. The van der Waals surface area contributed by atoms with Crippen molar-refractivity contribution in [3.63, 3.8) is 0 Å². The summed E-state index contributed by atoms with van der Waals surface area (Å²) in [5.74, 6) is -3.24. The number of ether oxygens (including phenoxy) is 3. The molecule has 2 N–H and O–H groups in total. The first-order valence-electron chi connectivity index (χ1n) is 11.8. The third-order valence-electron chi connectivity index (χ3n) is 6.35. The van der Waals surface area contributed by atoms with Crippen molar-refractivity contribution in [3.05, 3.63) is 113 Å². The Morgan fingerprint density at radius 2 is 1.46 bits per heavy atom. The molecular weight excluding hydrogens is 498 g/mol. The van der Waals surface area contributed by atoms with E-state index in [0.29, 0.717) is 27.9 Å². The van der Waals surface area contributed by atoms with Crippen molar-refractivity contribution in [1.82, 2.24) is 0 Å². The largest absolute Gasteiger partial charge is 0.466 e. The fourth-order valence-corrected chi connectivity index (χ4v) is 4.61. The van der Waals surface area contributed by atoms with E-state index in [1.165, 1.54) is 26.2 Å². The van der Waals surface area contributed by atoms with Gasteiger partial charge in [0.15, 0.2) is 0 Å². The zero-order valence-electron chi connectivity index (χ0n) is 21.5. The van der Waals surface area contributed by atoms with Gasteiger partial charge in [0.05, 0.1) is 55.7 Å². The minimum Gasteiger partial charge on any atom is -0.466 e. The first-order valence-corrected chi connectivity index (χ1v) is 11.8. The Labute approximate surface area is 225 Å². The molecule has 1 unspecified atom stereocenters. The van der Waals surface area contributed by atoms with E-state index in [0.717, 1.165) is 0 Å². The summed E-state index contributed by atoms with van der Waals surface area (Å²) in [7, 11) is 3.67. The summed E-state index contributed by atoms with van der Waals surface area (Å²) in [6.45, 7) is 0. The van der Waals surface area contributed by atoms with Crippen molar-refractivity contribution >= 4 is 23.6 Å². The van der Waals surface area contributed by atoms with Crippen LogP contribution in [0.5, 0.6) is 0 Å². The number of benzene rings is 3. The Morgan fingerprint density at radius 3 is 2.10 bits per heavy atom. The van der Waals surface area contributed by atoms with Gasteiger partial charge in [0.2, 0.25) is 0 Å². The number of nitriles is 1. The van der Waals surface area contributed by atoms with Gasteiger partial charge in [-0.2, -0.15) is 5.26 Å². The lowest BCUT2D eigenvalue weighted by molar-refractivity contribution is -0.139. The van der Waals surface area contributed by atoms with Crippen LogP contribution < -0.4 is 10.6 Å². The van der Waals surface area contributed by atoms with Crippen molar-refractivity contribution in [2.45, 2.75) is 5.92 Å². The van der Waals surface area contributed by atoms with Crippen molar-refractivity contribution in [3.8, 4) is 17.2 Å². The number of allylic oxidation sites excluding steroid dienone is 1. The van der Waals surface area contributed by atoms with E-state index in [4.69, 9.17) is 19.9 Å². The van der Waals surface area contributed by atoms with Crippen LogP contribution in [0.3, 0.4) is 0 Å². The van der Waals surface area contributed by atoms with Crippen molar-refractivity contribution in [2.24, 2.45) is 5.73 Å². The van der Waals surface area contributed by atoms with Gasteiger partial charge in [0, 0.05) is 5.56 Å². The predicted octanol–water partition coefficient (Wildman–Crippen LogP) is 4.04. The van der Waals surface area contributed by atoms with E-state index < -0.39 is 23.8 Å². The van der Waals surface area contributed by atoms with Gasteiger partial charge in [-0.25, -0.2) is 14.4 Å². The fourth-order valence-electron chi connectivity index (χ4n) is 4.61. The molecule has 0 saturated heterocycles. The van der Waals surface area contributed by atoms with Gasteiger partial charge in [0.25, 0.3) is 0 Å². The molecule has 0 aromatic heterocycles. The molecule has 3 aromatic rings. The number of anilines is 1. The molecule has 0 radical (unpaired) electrons. The van der Waals surface area contributed by atoms with Crippen LogP contribution in [0.1, 0.15) is 21.8 Å². The molecule has 9 nitrogen and oxygen atoms in total. The topological polar surface area (TPSA) is 132 Å². The minimum atomic E-state index is -0.983. The monoisotopic (exact) mass is 523 g/mol. The molecule has 0 spiro atoms. The number of hydrogen-bond acceptors (Lipinski definition) is 9. The second-order valence-corrected chi connectivity index (χ2v) is 8.42. The highest BCUT2D eigenvalue weighted by molar-refractivity contribution is 6.07. The Hall–Kier alpha value is -5.36. The number of rotatable bonds is 6. The average Bonchev–Trinajstić information content (AvgIpc) is 2.99. The summed E-state index contributed by atoms with van der Waals surface area (Å²) >= 11 is 0. The van der Waals surface area contributed by atoms with Gasteiger partial charge < -0.3 is 19.9 Å². The zero-order chi connectivity index (χ0) is 28.1. The number of nitrogens with two attached hydrogens (primary N) is 1. The predicted molar refractivity (Wildman–Crippen MR) is 143 cm³/mol. The molecule has 9 heteroatoms. The minimum absolute atomic E-state index is 0.0485. The molecule has 1 aliphatic rings. The van der Waals surface area contributed by atoms with Crippen LogP contribution in [-0.2, 0) is 23.8 Å². The Bertz CT molecular complexity index is 1550. The second-order valence-electron chi connectivity index (χ2n) is 8.42. The van der Waals surface area contributed by atoms with Crippen LogP contribution in [0.2, 0.25) is 0 Å². The molecule has 4 rings (SSSR count). The summed E-state index contributed by atoms with van der Waals surface area (Å²) in [5.41, 5.74) is 8.82. The molecule has 0 saturated carbocycles. The SMILES string of the molecule is COC(=O)C1=C(C(=O)OC)N(c2ccccc2-c2cccc(C(=O)OC)c2)C(N)=C(C#N)C1c1ccccc1. The van der Waals surface area contributed by atoms with E-state index >= 15 is 0 Å². The van der Waals surface area contributed by atoms with E-state index in [-0.39, 0.29) is 22.7 Å². The molecular formula is C30H25N3O6. The molecule has 0 amide bonds. The van der Waals surface area contributed by atoms with Gasteiger partial charge >= 0.3 is 17.9 Å². The van der Waals surface area contributed by atoms with Gasteiger partial charge in [-0.1, -0.05) is 60.7 Å². The highest BCUT2D eigenvalue weighted by Gasteiger charge is 2.43. The molecule has 0 fully saturated rings. The number of para-hydroxylation sites is 1. The molecule has 0 bridgehead atoms. The number of esters is 3. The fraction of sp³-hybridized carbons (Fsp3) is 0.133. The molecule has 196 valence electrons.